The standard InChI is InChI=1S/C20H19F3N4O/c1-12-10-16-17(24-11-12)26-18(25-16)19(28)27-8-6-13(7-9-27)14-4-2-3-5-15(14)20(21,22)23/h2-5,10-11,13H,6-9H2,1H3,(H,24,25,26). The molecule has 8 heteroatoms. The second kappa shape index (κ2) is 6.92. The highest BCUT2D eigenvalue weighted by Gasteiger charge is 2.36. The number of nitrogens with one attached hydrogen (secondary N) is 1. The molecule has 0 saturated carbocycles. The van der Waals surface area contributed by atoms with E-state index >= 15 is 0 Å². The summed E-state index contributed by atoms with van der Waals surface area (Å²) >= 11 is 0. The minimum Gasteiger partial charge on any atom is -0.336 e. The van der Waals surface area contributed by atoms with E-state index in [1.807, 2.05) is 13.0 Å². The molecule has 0 radical (unpaired) electrons. The van der Waals surface area contributed by atoms with E-state index in [-0.39, 0.29) is 17.6 Å². The number of fused-ring (bicyclic) bond motifs is 1. The lowest BCUT2D eigenvalue weighted by molar-refractivity contribution is -0.138. The molecular weight excluding hydrogens is 369 g/mol. The van der Waals surface area contributed by atoms with Crippen molar-refractivity contribution in [2.45, 2.75) is 31.9 Å². The van der Waals surface area contributed by atoms with Crippen molar-refractivity contribution in [2.75, 3.05) is 13.1 Å². The van der Waals surface area contributed by atoms with Crippen LogP contribution in [0.1, 0.15) is 46.1 Å². The molecular formula is C20H19F3N4O. The maximum Gasteiger partial charge on any atom is 0.416 e. The highest BCUT2D eigenvalue weighted by Crippen LogP contribution is 2.38. The summed E-state index contributed by atoms with van der Waals surface area (Å²) in [6.07, 6.45) is -1.73. The zero-order valence-corrected chi connectivity index (χ0v) is 15.3. The molecule has 2 aromatic heterocycles. The molecule has 0 unspecified atom stereocenters. The van der Waals surface area contributed by atoms with Crippen molar-refractivity contribution in [1.82, 2.24) is 19.9 Å². The Hall–Kier alpha value is -2.90. The van der Waals surface area contributed by atoms with Crippen LogP contribution < -0.4 is 0 Å². The second-order valence-electron chi connectivity index (χ2n) is 7.12. The lowest BCUT2D eigenvalue weighted by Crippen LogP contribution is -2.38. The number of rotatable bonds is 2. The molecule has 4 rings (SSSR count). The predicted molar refractivity (Wildman–Crippen MR) is 97.9 cm³/mol. The number of imidazole rings is 1. The zero-order chi connectivity index (χ0) is 19.9. The third-order valence-electron chi connectivity index (χ3n) is 5.16. The summed E-state index contributed by atoms with van der Waals surface area (Å²) in [5.74, 6) is -0.262. The number of amides is 1. The van der Waals surface area contributed by atoms with Crippen LogP contribution in [0.4, 0.5) is 13.2 Å². The largest absolute Gasteiger partial charge is 0.416 e. The highest BCUT2D eigenvalue weighted by atomic mass is 19.4. The summed E-state index contributed by atoms with van der Waals surface area (Å²) in [6, 6.07) is 7.56. The van der Waals surface area contributed by atoms with Crippen LogP contribution in [0.25, 0.3) is 11.2 Å². The van der Waals surface area contributed by atoms with Crippen molar-refractivity contribution >= 4 is 17.1 Å². The predicted octanol–water partition coefficient (Wildman–Crippen LogP) is 4.30. The molecule has 1 amide bonds. The number of likely N-dealkylation sites (tertiary alicyclic amines) is 1. The van der Waals surface area contributed by atoms with E-state index < -0.39 is 11.7 Å². The Morgan fingerprint density at radius 2 is 1.93 bits per heavy atom. The molecule has 0 aliphatic carbocycles. The maximum absolute atomic E-state index is 13.3. The average Bonchev–Trinajstić information content (AvgIpc) is 3.10. The molecule has 28 heavy (non-hydrogen) atoms. The lowest BCUT2D eigenvalue weighted by Gasteiger charge is -2.32. The summed E-state index contributed by atoms with van der Waals surface area (Å²) < 4.78 is 39.8. The van der Waals surface area contributed by atoms with E-state index in [1.165, 1.54) is 12.1 Å². The maximum atomic E-state index is 13.3. The molecule has 5 nitrogen and oxygen atoms in total. The van der Waals surface area contributed by atoms with Gasteiger partial charge in [0.1, 0.15) is 0 Å². The van der Waals surface area contributed by atoms with Crippen molar-refractivity contribution in [3.05, 3.63) is 59.0 Å². The van der Waals surface area contributed by atoms with Crippen LogP contribution in [0.2, 0.25) is 0 Å². The Morgan fingerprint density at radius 3 is 2.64 bits per heavy atom. The van der Waals surface area contributed by atoms with Gasteiger partial charge >= 0.3 is 6.18 Å². The van der Waals surface area contributed by atoms with E-state index in [4.69, 9.17) is 0 Å². The molecule has 0 bridgehead atoms. The van der Waals surface area contributed by atoms with Gasteiger partial charge < -0.3 is 9.88 Å². The third kappa shape index (κ3) is 3.46. The van der Waals surface area contributed by atoms with Crippen LogP contribution in [0.5, 0.6) is 0 Å². The minimum atomic E-state index is -4.37. The van der Waals surface area contributed by atoms with Crippen molar-refractivity contribution < 1.29 is 18.0 Å². The van der Waals surface area contributed by atoms with Gasteiger partial charge in [-0.25, -0.2) is 9.97 Å². The number of pyridine rings is 1. The Labute approximate surface area is 159 Å². The smallest absolute Gasteiger partial charge is 0.336 e. The Kier molecular flexibility index (Phi) is 4.56. The molecule has 3 aromatic rings. The van der Waals surface area contributed by atoms with Crippen molar-refractivity contribution in [3.8, 4) is 0 Å². The van der Waals surface area contributed by atoms with Crippen LogP contribution in [0.15, 0.2) is 36.5 Å². The van der Waals surface area contributed by atoms with Crippen LogP contribution in [-0.2, 0) is 6.18 Å². The fourth-order valence-electron chi connectivity index (χ4n) is 3.76. The van der Waals surface area contributed by atoms with Gasteiger partial charge in [-0.15, -0.1) is 0 Å². The molecule has 1 saturated heterocycles. The molecule has 0 spiro atoms. The van der Waals surface area contributed by atoms with E-state index in [9.17, 15) is 18.0 Å². The molecule has 1 fully saturated rings. The Bertz CT molecular complexity index is 1020. The topological polar surface area (TPSA) is 61.9 Å². The number of hydrogen-bond acceptors (Lipinski definition) is 3. The molecule has 1 aliphatic heterocycles. The monoisotopic (exact) mass is 388 g/mol. The zero-order valence-electron chi connectivity index (χ0n) is 15.3. The average molecular weight is 388 g/mol. The Morgan fingerprint density at radius 1 is 1.21 bits per heavy atom. The number of hydrogen-bond donors (Lipinski definition) is 1. The molecule has 1 aliphatic rings. The number of alkyl halides is 3. The number of H-pyrrole nitrogens is 1. The number of carbonyl (C=O) groups excluding carboxylic acids is 1. The first-order valence-electron chi connectivity index (χ1n) is 9.10. The van der Waals surface area contributed by atoms with Crippen LogP contribution in [0.3, 0.4) is 0 Å². The van der Waals surface area contributed by atoms with Crippen molar-refractivity contribution in [3.63, 3.8) is 0 Å². The third-order valence-corrected chi connectivity index (χ3v) is 5.16. The van der Waals surface area contributed by atoms with E-state index in [1.54, 1.807) is 17.2 Å². The van der Waals surface area contributed by atoms with E-state index in [2.05, 4.69) is 15.0 Å². The first-order valence-corrected chi connectivity index (χ1v) is 9.10. The lowest BCUT2D eigenvalue weighted by atomic mass is 9.86. The van der Waals surface area contributed by atoms with E-state index in [0.717, 1.165) is 11.6 Å². The van der Waals surface area contributed by atoms with Gasteiger partial charge in [0.15, 0.2) is 11.5 Å². The summed E-state index contributed by atoms with van der Waals surface area (Å²) in [7, 11) is 0. The molecule has 1 N–H and O–H groups in total. The number of benzene rings is 1. The summed E-state index contributed by atoms with van der Waals surface area (Å²) in [5, 5.41) is 0. The van der Waals surface area contributed by atoms with Gasteiger partial charge in [-0.1, -0.05) is 18.2 Å². The number of nitrogens with zero attached hydrogens (tertiary/aromatic N) is 3. The van der Waals surface area contributed by atoms with E-state index in [0.29, 0.717) is 42.7 Å². The van der Waals surface area contributed by atoms with Crippen LogP contribution in [0, 0.1) is 6.92 Å². The number of aromatic nitrogens is 3. The van der Waals surface area contributed by atoms with Crippen molar-refractivity contribution in [2.24, 2.45) is 0 Å². The normalized spacial score (nSPS) is 15.9. The second-order valence-corrected chi connectivity index (χ2v) is 7.12. The van der Waals surface area contributed by atoms with Crippen molar-refractivity contribution in [1.29, 1.82) is 0 Å². The van der Waals surface area contributed by atoms with Gasteiger partial charge in [0.05, 0.1) is 11.1 Å². The molecule has 3 heterocycles. The van der Waals surface area contributed by atoms with Crippen LogP contribution in [-0.4, -0.2) is 38.8 Å². The minimum absolute atomic E-state index is 0.210. The van der Waals surface area contributed by atoms with Gasteiger partial charge in [-0.05, 0) is 48.9 Å². The molecule has 146 valence electrons. The molecule has 1 aromatic carbocycles. The fraction of sp³-hybridized carbons (Fsp3) is 0.350. The SMILES string of the molecule is Cc1cnc2nc(C(=O)N3CCC(c4ccccc4C(F)(F)F)CC3)[nH]c2c1. The van der Waals surface area contributed by atoms with Crippen LogP contribution >= 0.6 is 0 Å². The van der Waals surface area contributed by atoms with Gasteiger partial charge in [0.25, 0.3) is 5.91 Å². The highest BCUT2D eigenvalue weighted by molar-refractivity contribution is 5.93. The number of piperidine rings is 1. The number of aryl methyl sites for hydroxylation is 1. The first-order chi connectivity index (χ1) is 13.3. The number of carbonyl (C=O) groups is 1. The molecule has 0 atom stereocenters. The Balaban J connectivity index is 1.49. The summed E-state index contributed by atoms with van der Waals surface area (Å²) in [5.41, 5.74) is 1.85. The van der Waals surface area contributed by atoms with Gasteiger partial charge in [-0.3, -0.25) is 4.79 Å². The summed E-state index contributed by atoms with van der Waals surface area (Å²) in [6.45, 7) is 2.68. The fourth-order valence-corrected chi connectivity index (χ4v) is 3.76. The number of aromatic amines is 1. The quantitative estimate of drug-likeness (QED) is 0.712. The number of halogens is 3. The van der Waals surface area contributed by atoms with Gasteiger partial charge in [0.2, 0.25) is 0 Å². The van der Waals surface area contributed by atoms with Gasteiger partial charge in [0, 0.05) is 19.3 Å². The van der Waals surface area contributed by atoms with Gasteiger partial charge in [-0.2, -0.15) is 13.2 Å². The summed E-state index contributed by atoms with van der Waals surface area (Å²) in [4.78, 5) is 25.8. The first kappa shape index (κ1) is 18.5.